The molecular weight excluding hydrogens is 390 g/mol. The molecule has 0 unspecified atom stereocenters. The number of aryl methyl sites for hydroxylation is 1. The van der Waals surface area contributed by atoms with Gasteiger partial charge in [0.2, 0.25) is 15.9 Å². The number of carbonyl (C=O) groups excluding carboxylic acids is 1. The fourth-order valence-electron chi connectivity index (χ4n) is 4.07. The third-order valence-corrected chi connectivity index (χ3v) is 7.75. The van der Waals surface area contributed by atoms with Gasteiger partial charge in [-0.05, 0) is 31.9 Å². The predicted octanol–water partition coefficient (Wildman–Crippen LogP) is 1.87. The molecule has 2 aromatic heterocycles. The highest BCUT2D eigenvalue weighted by molar-refractivity contribution is 7.89. The average molecular weight is 416 g/mol. The summed E-state index contributed by atoms with van der Waals surface area (Å²) in [7, 11) is -3.70. The second kappa shape index (κ2) is 8.16. The van der Waals surface area contributed by atoms with E-state index in [1.54, 1.807) is 31.5 Å². The lowest BCUT2D eigenvalue weighted by molar-refractivity contribution is -0.136. The number of amides is 1. The first kappa shape index (κ1) is 19.9. The van der Waals surface area contributed by atoms with Crippen molar-refractivity contribution >= 4 is 15.9 Å². The van der Waals surface area contributed by atoms with Crippen molar-refractivity contribution in [3.8, 4) is 11.4 Å². The Hall–Kier alpha value is -2.39. The van der Waals surface area contributed by atoms with Crippen molar-refractivity contribution in [1.29, 1.82) is 0 Å². The molecule has 0 atom stereocenters. The van der Waals surface area contributed by atoms with E-state index in [0.717, 1.165) is 31.2 Å². The zero-order valence-electron chi connectivity index (χ0n) is 16.5. The van der Waals surface area contributed by atoms with Gasteiger partial charge in [0.25, 0.3) is 0 Å². The van der Waals surface area contributed by atoms with Crippen molar-refractivity contribution in [3.05, 3.63) is 36.4 Å². The van der Waals surface area contributed by atoms with Crippen LogP contribution in [0.15, 0.2) is 35.6 Å². The van der Waals surface area contributed by atoms with Crippen LogP contribution in [-0.2, 0) is 14.8 Å². The molecule has 1 amide bonds. The number of rotatable bonds is 4. The second-order valence-electron chi connectivity index (χ2n) is 7.59. The van der Waals surface area contributed by atoms with Crippen molar-refractivity contribution in [2.24, 2.45) is 5.92 Å². The Morgan fingerprint density at radius 1 is 1.07 bits per heavy atom. The first-order valence-corrected chi connectivity index (χ1v) is 11.4. The monoisotopic (exact) mass is 415 g/mol. The summed E-state index contributed by atoms with van der Waals surface area (Å²) in [5, 5.41) is 0. The number of hydrogen-bond donors (Lipinski definition) is 0. The van der Waals surface area contributed by atoms with Crippen LogP contribution in [0.4, 0.5) is 0 Å². The summed E-state index contributed by atoms with van der Waals surface area (Å²) in [6.45, 7) is 3.14. The molecule has 0 radical (unpaired) electrons. The Labute approximate surface area is 171 Å². The number of pyridine rings is 1. The molecule has 0 aromatic carbocycles. The van der Waals surface area contributed by atoms with E-state index in [0.29, 0.717) is 37.7 Å². The van der Waals surface area contributed by atoms with Gasteiger partial charge in [-0.25, -0.2) is 18.4 Å². The first-order valence-electron chi connectivity index (χ1n) is 10.00. The molecule has 4 rings (SSSR count). The number of aromatic nitrogens is 3. The summed E-state index contributed by atoms with van der Waals surface area (Å²) in [5.74, 6) is 0.770. The molecule has 8 nitrogen and oxygen atoms in total. The van der Waals surface area contributed by atoms with Gasteiger partial charge >= 0.3 is 0 Å². The van der Waals surface area contributed by atoms with Crippen LogP contribution in [-0.4, -0.2) is 64.7 Å². The Morgan fingerprint density at radius 2 is 1.72 bits per heavy atom. The van der Waals surface area contributed by atoms with Gasteiger partial charge < -0.3 is 4.90 Å². The van der Waals surface area contributed by atoms with Crippen molar-refractivity contribution in [2.75, 3.05) is 26.2 Å². The lowest BCUT2D eigenvalue weighted by atomic mass is 10.1. The van der Waals surface area contributed by atoms with Crippen LogP contribution < -0.4 is 0 Å². The lowest BCUT2D eigenvalue weighted by Gasteiger charge is -2.35. The van der Waals surface area contributed by atoms with Crippen LogP contribution in [0.25, 0.3) is 11.4 Å². The molecule has 1 saturated carbocycles. The minimum atomic E-state index is -3.70. The molecule has 0 bridgehead atoms. The quantitative estimate of drug-likeness (QED) is 0.756. The normalized spacial score (nSPS) is 18.9. The van der Waals surface area contributed by atoms with E-state index < -0.39 is 10.0 Å². The molecule has 1 aliphatic heterocycles. The van der Waals surface area contributed by atoms with Crippen LogP contribution in [0.1, 0.15) is 31.4 Å². The average Bonchev–Trinajstić information content (AvgIpc) is 3.28. The first-order chi connectivity index (χ1) is 14.0. The van der Waals surface area contributed by atoms with Crippen LogP contribution in [0.2, 0.25) is 0 Å². The van der Waals surface area contributed by atoms with Crippen LogP contribution >= 0.6 is 0 Å². The van der Waals surface area contributed by atoms with Crippen molar-refractivity contribution < 1.29 is 13.2 Å². The number of carbonyl (C=O) groups is 1. The van der Waals surface area contributed by atoms with Gasteiger partial charge in [0.15, 0.2) is 5.82 Å². The van der Waals surface area contributed by atoms with E-state index in [4.69, 9.17) is 0 Å². The van der Waals surface area contributed by atoms with Crippen LogP contribution in [0.5, 0.6) is 0 Å². The van der Waals surface area contributed by atoms with Gasteiger partial charge in [0.1, 0.15) is 4.90 Å². The van der Waals surface area contributed by atoms with E-state index in [2.05, 4.69) is 15.0 Å². The standard InChI is InChI=1S/C20H25N5O3S/c1-15-18(14-22-19(23-15)16-6-8-21-9-7-16)29(27,28)25-12-10-24(11-13-25)20(26)17-4-2-3-5-17/h6-9,14,17H,2-5,10-13H2,1H3. The predicted molar refractivity (Wildman–Crippen MR) is 107 cm³/mol. The SMILES string of the molecule is Cc1nc(-c2ccncc2)ncc1S(=O)(=O)N1CCN(C(=O)C2CCCC2)CC1. The molecule has 29 heavy (non-hydrogen) atoms. The number of piperazine rings is 1. The van der Waals surface area contributed by atoms with Gasteiger partial charge in [-0.2, -0.15) is 4.31 Å². The maximum absolute atomic E-state index is 13.1. The molecule has 1 aliphatic carbocycles. The summed E-state index contributed by atoms with van der Waals surface area (Å²) in [4.78, 5) is 27.1. The smallest absolute Gasteiger partial charge is 0.246 e. The molecule has 3 heterocycles. The maximum Gasteiger partial charge on any atom is 0.246 e. The molecule has 0 N–H and O–H groups in total. The highest BCUT2D eigenvalue weighted by Gasteiger charge is 2.34. The summed E-state index contributed by atoms with van der Waals surface area (Å²) < 4.78 is 27.7. The Bertz CT molecular complexity index is 982. The van der Waals surface area contributed by atoms with E-state index in [1.807, 2.05) is 4.90 Å². The number of nitrogens with zero attached hydrogens (tertiary/aromatic N) is 5. The van der Waals surface area contributed by atoms with Crippen molar-refractivity contribution in [1.82, 2.24) is 24.2 Å². The van der Waals surface area contributed by atoms with Crippen LogP contribution in [0.3, 0.4) is 0 Å². The maximum atomic E-state index is 13.1. The highest BCUT2D eigenvalue weighted by Crippen LogP contribution is 2.28. The van der Waals surface area contributed by atoms with Crippen molar-refractivity contribution in [3.63, 3.8) is 0 Å². The molecule has 2 aliphatic rings. The van der Waals surface area contributed by atoms with E-state index in [-0.39, 0.29) is 16.7 Å². The molecule has 154 valence electrons. The van der Waals surface area contributed by atoms with E-state index >= 15 is 0 Å². The third kappa shape index (κ3) is 4.02. The summed E-state index contributed by atoms with van der Waals surface area (Å²) >= 11 is 0. The Balaban J connectivity index is 1.47. The summed E-state index contributed by atoms with van der Waals surface area (Å²) in [6.07, 6.45) is 8.80. The molecule has 9 heteroatoms. The second-order valence-corrected chi connectivity index (χ2v) is 9.50. The van der Waals surface area contributed by atoms with E-state index in [9.17, 15) is 13.2 Å². The zero-order chi connectivity index (χ0) is 20.4. The summed E-state index contributed by atoms with van der Waals surface area (Å²) in [5.41, 5.74) is 1.20. The molecular formula is C20H25N5O3S. The zero-order valence-corrected chi connectivity index (χ0v) is 17.3. The third-order valence-electron chi connectivity index (χ3n) is 5.75. The lowest BCUT2D eigenvalue weighted by Crippen LogP contribution is -2.51. The largest absolute Gasteiger partial charge is 0.340 e. The Morgan fingerprint density at radius 3 is 2.34 bits per heavy atom. The van der Waals surface area contributed by atoms with Crippen LogP contribution in [0, 0.1) is 12.8 Å². The van der Waals surface area contributed by atoms with Gasteiger partial charge in [-0.15, -0.1) is 0 Å². The summed E-state index contributed by atoms with van der Waals surface area (Å²) in [6, 6.07) is 3.56. The molecule has 2 aromatic rings. The highest BCUT2D eigenvalue weighted by atomic mass is 32.2. The topological polar surface area (TPSA) is 96.4 Å². The molecule has 0 spiro atoms. The van der Waals surface area contributed by atoms with Crippen molar-refractivity contribution in [2.45, 2.75) is 37.5 Å². The number of hydrogen-bond acceptors (Lipinski definition) is 6. The number of sulfonamides is 1. The van der Waals surface area contributed by atoms with Gasteiger partial charge in [-0.1, -0.05) is 12.8 Å². The van der Waals surface area contributed by atoms with Gasteiger partial charge in [0.05, 0.1) is 11.9 Å². The Kier molecular flexibility index (Phi) is 5.60. The fourth-order valence-corrected chi connectivity index (χ4v) is 5.60. The fraction of sp³-hybridized carbons (Fsp3) is 0.500. The minimum Gasteiger partial charge on any atom is -0.340 e. The van der Waals surface area contributed by atoms with E-state index in [1.165, 1.54) is 10.5 Å². The minimum absolute atomic E-state index is 0.117. The van der Waals surface area contributed by atoms with Gasteiger partial charge in [0, 0.05) is 50.1 Å². The molecule has 1 saturated heterocycles. The van der Waals surface area contributed by atoms with Gasteiger partial charge in [-0.3, -0.25) is 9.78 Å². The molecule has 2 fully saturated rings.